The molecule has 0 bridgehead atoms. The van der Waals surface area contributed by atoms with Gasteiger partial charge >= 0.3 is 0 Å². The van der Waals surface area contributed by atoms with E-state index in [9.17, 15) is 8.42 Å². The number of ether oxygens (including phenoxy) is 1. The van der Waals surface area contributed by atoms with Gasteiger partial charge in [-0.25, -0.2) is 8.42 Å². The van der Waals surface area contributed by atoms with Gasteiger partial charge in [0, 0.05) is 37.8 Å². The molecule has 1 fully saturated rings. The van der Waals surface area contributed by atoms with Gasteiger partial charge in [0.15, 0.2) is 0 Å². The molecule has 0 aromatic heterocycles. The van der Waals surface area contributed by atoms with Crippen LogP contribution in [0.4, 0.5) is 5.69 Å². The fourth-order valence-corrected chi connectivity index (χ4v) is 3.68. The van der Waals surface area contributed by atoms with Gasteiger partial charge < -0.3 is 9.64 Å². The summed E-state index contributed by atoms with van der Waals surface area (Å²) in [6.45, 7) is 3.60. The maximum Gasteiger partial charge on any atom is 0.236 e. The third kappa shape index (κ3) is 4.94. The van der Waals surface area contributed by atoms with Crippen molar-refractivity contribution in [2.24, 2.45) is 0 Å². The van der Waals surface area contributed by atoms with Crippen molar-refractivity contribution < 1.29 is 13.2 Å². The monoisotopic (exact) mass is 372 g/mol. The van der Waals surface area contributed by atoms with E-state index in [2.05, 4.69) is 4.90 Å². The van der Waals surface area contributed by atoms with Crippen LogP contribution in [0, 0.1) is 0 Å². The number of benzene rings is 2. The molecule has 3 rings (SSSR count). The zero-order valence-electron chi connectivity index (χ0n) is 14.9. The topological polar surface area (TPSA) is 49.9 Å². The smallest absolute Gasteiger partial charge is 0.236 e. The summed E-state index contributed by atoms with van der Waals surface area (Å²) in [7, 11) is -1.86. The maximum absolute atomic E-state index is 12.4. The number of morpholine rings is 1. The first-order valence-corrected chi connectivity index (χ1v) is 10.2. The van der Waals surface area contributed by atoms with Crippen molar-refractivity contribution in [3.05, 3.63) is 71.1 Å². The lowest BCUT2D eigenvalue weighted by Gasteiger charge is -2.29. The van der Waals surface area contributed by atoms with Crippen molar-refractivity contribution in [3.63, 3.8) is 0 Å². The Hall–Kier alpha value is -2.15. The number of anilines is 1. The van der Waals surface area contributed by atoms with Gasteiger partial charge in [-0.3, -0.25) is 0 Å². The van der Waals surface area contributed by atoms with Gasteiger partial charge in [-0.15, -0.1) is 0 Å². The zero-order chi connectivity index (χ0) is 18.4. The lowest BCUT2D eigenvalue weighted by molar-refractivity contribution is 0.122. The van der Waals surface area contributed by atoms with Gasteiger partial charge in [-0.1, -0.05) is 42.5 Å². The van der Waals surface area contributed by atoms with Crippen LogP contribution >= 0.6 is 0 Å². The second-order valence-corrected chi connectivity index (χ2v) is 8.21. The summed E-state index contributed by atoms with van der Waals surface area (Å²) in [6, 6.07) is 17.5. The van der Waals surface area contributed by atoms with Gasteiger partial charge in [0.2, 0.25) is 10.0 Å². The molecule has 0 spiro atoms. The molecule has 0 N–H and O–H groups in total. The first-order valence-electron chi connectivity index (χ1n) is 8.66. The molecular weight excluding hydrogens is 348 g/mol. The molecule has 0 saturated carbocycles. The van der Waals surface area contributed by atoms with Gasteiger partial charge in [-0.2, -0.15) is 4.31 Å². The van der Waals surface area contributed by atoms with E-state index in [1.807, 2.05) is 54.6 Å². The predicted molar refractivity (Wildman–Crippen MR) is 105 cm³/mol. The van der Waals surface area contributed by atoms with E-state index < -0.39 is 10.0 Å². The summed E-state index contributed by atoms with van der Waals surface area (Å²) in [5, 5.41) is 1.25. The van der Waals surface area contributed by atoms with Crippen molar-refractivity contribution in [2.45, 2.75) is 6.54 Å². The molecule has 1 heterocycles. The van der Waals surface area contributed by atoms with E-state index in [1.165, 1.54) is 9.71 Å². The fourth-order valence-electron chi connectivity index (χ4n) is 2.81. The third-order valence-electron chi connectivity index (χ3n) is 4.38. The average molecular weight is 372 g/mol. The molecule has 0 radical (unpaired) electrons. The SMILES string of the molecule is CN(Cc1ccc(N2CCOCC2)cc1)S(=O)(=O)/C=C/c1ccccc1. The van der Waals surface area contributed by atoms with E-state index >= 15 is 0 Å². The molecule has 5 nitrogen and oxygen atoms in total. The minimum atomic E-state index is -3.46. The summed E-state index contributed by atoms with van der Waals surface area (Å²) in [5.74, 6) is 0. The highest BCUT2D eigenvalue weighted by molar-refractivity contribution is 7.92. The van der Waals surface area contributed by atoms with Crippen molar-refractivity contribution >= 4 is 21.8 Å². The Balaban J connectivity index is 1.63. The number of hydrogen-bond donors (Lipinski definition) is 0. The maximum atomic E-state index is 12.4. The molecule has 2 aromatic carbocycles. The van der Waals surface area contributed by atoms with Crippen molar-refractivity contribution in [3.8, 4) is 0 Å². The molecule has 138 valence electrons. The van der Waals surface area contributed by atoms with Crippen molar-refractivity contribution in [2.75, 3.05) is 38.3 Å². The van der Waals surface area contributed by atoms with Crippen LogP contribution in [-0.2, 0) is 21.3 Å². The van der Waals surface area contributed by atoms with Gasteiger partial charge in [0.25, 0.3) is 0 Å². The molecule has 2 aromatic rings. The number of sulfonamides is 1. The Bertz CT molecular complexity index is 827. The molecule has 1 saturated heterocycles. The van der Waals surface area contributed by atoms with Crippen LogP contribution in [0.25, 0.3) is 6.08 Å². The van der Waals surface area contributed by atoms with E-state index in [0.717, 1.165) is 43.1 Å². The van der Waals surface area contributed by atoms with Crippen LogP contribution in [-0.4, -0.2) is 46.1 Å². The van der Waals surface area contributed by atoms with E-state index in [-0.39, 0.29) is 0 Å². The molecule has 0 aliphatic carbocycles. The minimum absolute atomic E-state index is 0.338. The van der Waals surface area contributed by atoms with Crippen LogP contribution < -0.4 is 4.90 Å². The Morgan fingerprint density at radius 1 is 1.04 bits per heavy atom. The minimum Gasteiger partial charge on any atom is -0.378 e. The van der Waals surface area contributed by atoms with Gasteiger partial charge in [0.05, 0.1) is 13.2 Å². The molecule has 1 aliphatic rings. The lowest BCUT2D eigenvalue weighted by Crippen LogP contribution is -2.36. The fraction of sp³-hybridized carbons (Fsp3) is 0.300. The molecule has 1 aliphatic heterocycles. The van der Waals surface area contributed by atoms with E-state index in [4.69, 9.17) is 4.74 Å². The molecule has 26 heavy (non-hydrogen) atoms. The second kappa shape index (κ2) is 8.49. The standard InChI is InChI=1S/C20H24N2O3S/c1-21(26(23,24)16-11-18-5-3-2-4-6-18)17-19-7-9-20(10-8-19)22-12-14-25-15-13-22/h2-11,16H,12-15,17H2,1H3/b16-11+. The number of rotatable bonds is 6. The summed E-state index contributed by atoms with van der Waals surface area (Å²) in [5.41, 5.74) is 2.96. The van der Waals surface area contributed by atoms with Gasteiger partial charge in [0.1, 0.15) is 0 Å². The summed E-state index contributed by atoms with van der Waals surface area (Å²) in [4.78, 5) is 2.27. The zero-order valence-corrected chi connectivity index (χ0v) is 15.7. The largest absolute Gasteiger partial charge is 0.378 e. The van der Waals surface area contributed by atoms with Crippen LogP contribution in [0.1, 0.15) is 11.1 Å². The quantitative estimate of drug-likeness (QED) is 0.782. The Morgan fingerprint density at radius 3 is 2.35 bits per heavy atom. The highest BCUT2D eigenvalue weighted by Gasteiger charge is 2.15. The summed E-state index contributed by atoms with van der Waals surface area (Å²) >= 11 is 0. The van der Waals surface area contributed by atoms with Crippen LogP contribution in [0.15, 0.2) is 60.0 Å². The number of hydrogen-bond acceptors (Lipinski definition) is 4. The lowest BCUT2D eigenvalue weighted by atomic mass is 10.2. The molecule has 0 amide bonds. The molecule has 6 heteroatoms. The highest BCUT2D eigenvalue weighted by Crippen LogP contribution is 2.18. The van der Waals surface area contributed by atoms with Crippen LogP contribution in [0.5, 0.6) is 0 Å². The second-order valence-electron chi connectivity index (χ2n) is 6.28. The third-order valence-corrected chi connectivity index (χ3v) is 5.86. The van der Waals surface area contributed by atoms with Gasteiger partial charge in [-0.05, 0) is 29.3 Å². The first-order chi connectivity index (χ1) is 12.5. The Kier molecular flexibility index (Phi) is 6.08. The molecule has 0 atom stereocenters. The molecule has 0 unspecified atom stereocenters. The number of nitrogens with zero attached hydrogens (tertiary/aromatic N) is 2. The first kappa shape index (κ1) is 18.6. The van der Waals surface area contributed by atoms with Crippen molar-refractivity contribution in [1.29, 1.82) is 0 Å². The van der Waals surface area contributed by atoms with E-state index in [1.54, 1.807) is 13.1 Å². The highest BCUT2D eigenvalue weighted by atomic mass is 32.2. The van der Waals surface area contributed by atoms with Crippen molar-refractivity contribution in [1.82, 2.24) is 4.31 Å². The van der Waals surface area contributed by atoms with Crippen LogP contribution in [0.2, 0.25) is 0 Å². The Morgan fingerprint density at radius 2 is 1.69 bits per heavy atom. The van der Waals surface area contributed by atoms with Crippen LogP contribution in [0.3, 0.4) is 0 Å². The summed E-state index contributed by atoms with van der Waals surface area (Å²) < 4.78 is 31.6. The van der Waals surface area contributed by atoms with E-state index in [0.29, 0.717) is 6.54 Å². The average Bonchev–Trinajstić information content (AvgIpc) is 2.68. The Labute approximate surface area is 155 Å². The molecular formula is C20H24N2O3S. The predicted octanol–water partition coefficient (Wildman–Crippen LogP) is 2.96. The normalized spacial score (nSPS) is 15.7. The summed E-state index contributed by atoms with van der Waals surface area (Å²) in [6.07, 6.45) is 1.62.